The fourth-order valence-corrected chi connectivity index (χ4v) is 4.65. The summed E-state index contributed by atoms with van der Waals surface area (Å²) in [5.74, 6) is 0.340. The van der Waals surface area contributed by atoms with Gasteiger partial charge in [-0.2, -0.15) is 0 Å². The van der Waals surface area contributed by atoms with Gasteiger partial charge in [0.25, 0.3) is 5.91 Å². The lowest BCUT2D eigenvalue weighted by atomic mass is 10.2. The van der Waals surface area contributed by atoms with Crippen molar-refractivity contribution in [3.8, 4) is 5.75 Å². The number of carbonyl (C=O) groups is 1. The van der Waals surface area contributed by atoms with Crippen molar-refractivity contribution in [2.75, 3.05) is 5.32 Å². The predicted octanol–water partition coefficient (Wildman–Crippen LogP) is 3.29. The predicted molar refractivity (Wildman–Crippen MR) is 108 cm³/mol. The van der Waals surface area contributed by atoms with E-state index in [0.717, 1.165) is 18.6 Å². The van der Waals surface area contributed by atoms with Gasteiger partial charge in [-0.15, -0.1) is 0 Å². The number of hydrogen-bond donors (Lipinski definition) is 2. The number of nitrogens with one attached hydrogen (secondary N) is 2. The van der Waals surface area contributed by atoms with Crippen LogP contribution < -0.4 is 14.8 Å². The second-order valence-corrected chi connectivity index (χ2v) is 9.17. The van der Waals surface area contributed by atoms with Crippen LogP contribution in [-0.4, -0.2) is 31.0 Å². The van der Waals surface area contributed by atoms with Crippen molar-refractivity contribution in [3.63, 3.8) is 0 Å². The Hall–Kier alpha value is -2.32. The number of anilines is 1. The maximum absolute atomic E-state index is 12.7. The molecule has 1 aliphatic carbocycles. The average molecular weight is 406 g/mol. The minimum Gasteiger partial charge on any atom is -0.490 e. The Morgan fingerprint density at radius 2 is 1.93 bits per heavy atom. The molecule has 7 nitrogen and oxygen atoms in total. The molecule has 0 unspecified atom stereocenters. The van der Waals surface area contributed by atoms with Crippen LogP contribution in [0.4, 0.5) is 5.69 Å². The molecule has 1 saturated carbocycles. The Balaban J connectivity index is 1.73. The molecule has 2 N–H and O–H groups in total. The summed E-state index contributed by atoms with van der Waals surface area (Å²) in [6.45, 7) is 3.49. The van der Waals surface area contributed by atoms with Gasteiger partial charge in [-0.1, -0.05) is 6.07 Å². The zero-order valence-corrected chi connectivity index (χ0v) is 17.3. The normalized spacial score (nSPS) is 15.1. The van der Waals surface area contributed by atoms with Crippen molar-refractivity contribution < 1.29 is 17.9 Å². The highest BCUT2D eigenvalue weighted by Crippen LogP contribution is 2.26. The number of nitrogens with zero attached hydrogens (tertiary/aromatic N) is 1. The Morgan fingerprint density at radius 1 is 1.21 bits per heavy atom. The molecular weight excluding hydrogens is 378 g/mol. The minimum absolute atomic E-state index is 0.0622. The molecule has 152 valence electrons. The molecule has 1 aromatic carbocycles. The maximum atomic E-state index is 12.7. The van der Waals surface area contributed by atoms with Crippen LogP contribution in [0.25, 0.3) is 0 Å². The molecule has 1 heterocycles. The van der Waals surface area contributed by atoms with Gasteiger partial charge in [-0.05, 0) is 57.7 Å². The number of hydrogen-bond acceptors (Lipinski definition) is 4. The van der Waals surface area contributed by atoms with Gasteiger partial charge >= 0.3 is 0 Å². The van der Waals surface area contributed by atoms with Crippen LogP contribution in [0.15, 0.2) is 41.4 Å². The van der Waals surface area contributed by atoms with Crippen LogP contribution in [0.3, 0.4) is 0 Å². The molecule has 2 aromatic rings. The number of ether oxygens (including phenoxy) is 1. The molecule has 1 aromatic heterocycles. The second-order valence-electron chi connectivity index (χ2n) is 7.45. The third-order valence-electron chi connectivity index (χ3n) is 4.61. The smallest absolute Gasteiger partial charge is 0.272 e. The van der Waals surface area contributed by atoms with Gasteiger partial charge in [-0.3, -0.25) is 4.79 Å². The van der Waals surface area contributed by atoms with Gasteiger partial charge in [0.05, 0.1) is 6.10 Å². The van der Waals surface area contributed by atoms with Crippen molar-refractivity contribution in [2.45, 2.75) is 56.6 Å². The van der Waals surface area contributed by atoms with E-state index in [-0.39, 0.29) is 28.6 Å². The number of aromatic nitrogens is 1. The van der Waals surface area contributed by atoms with Gasteiger partial charge in [0.2, 0.25) is 10.0 Å². The Kier molecular flexibility index (Phi) is 6.10. The standard InChI is InChI=1S/C20H27N3O4S/c1-14(2)22-28(25,26)18-12-19(23(3)13-18)20(24)21-15-7-6-10-17(11-15)27-16-8-4-5-9-16/h6-7,10-14,16,22H,4-5,8-9H2,1-3H3,(H,21,24). The monoisotopic (exact) mass is 405 g/mol. The van der Waals surface area contributed by atoms with E-state index in [1.54, 1.807) is 33.0 Å². The summed E-state index contributed by atoms with van der Waals surface area (Å²) in [6.07, 6.45) is 6.15. The molecular formula is C20H27N3O4S. The van der Waals surface area contributed by atoms with Crippen LogP contribution in [0.5, 0.6) is 5.75 Å². The zero-order valence-electron chi connectivity index (χ0n) is 16.4. The van der Waals surface area contributed by atoms with E-state index in [1.165, 1.54) is 29.7 Å². The van der Waals surface area contributed by atoms with Gasteiger partial charge in [0, 0.05) is 31.0 Å². The van der Waals surface area contributed by atoms with Crippen molar-refractivity contribution in [2.24, 2.45) is 7.05 Å². The largest absolute Gasteiger partial charge is 0.490 e. The number of rotatable bonds is 7. The van der Waals surface area contributed by atoms with Crippen molar-refractivity contribution in [3.05, 3.63) is 42.2 Å². The molecule has 1 aliphatic rings. The molecule has 3 rings (SSSR count). The number of sulfonamides is 1. The molecule has 0 radical (unpaired) electrons. The van der Waals surface area contributed by atoms with Crippen LogP contribution in [0, 0.1) is 0 Å². The fraction of sp³-hybridized carbons (Fsp3) is 0.450. The molecule has 8 heteroatoms. The van der Waals surface area contributed by atoms with Crippen LogP contribution >= 0.6 is 0 Å². The highest BCUT2D eigenvalue weighted by molar-refractivity contribution is 7.89. The highest BCUT2D eigenvalue weighted by atomic mass is 32.2. The van der Waals surface area contributed by atoms with Crippen molar-refractivity contribution in [1.82, 2.24) is 9.29 Å². The molecule has 1 fully saturated rings. The van der Waals surface area contributed by atoms with E-state index in [4.69, 9.17) is 4.74 Å². The first-order valence-electron chi connectivity index (χ1n) is 9.51. The summed E-state index contributed by atoms with van der Waals surface area (Å²) in [7, 11) is -2.02. The lowest BCUT2D eigenvalue weighted by molar-refractivity contribution is 0.101. The number of benzene rings is 1. The SMILES string of the molecule is CC(C)NS(=O)(=O)c1cc(C(=O)Nc2cccc(OC3CCCC3)c2)n(C)c1. The van der Waals surface area contributed by atoms with Crippen LogP contribution in [-0.2, 0) is 17.1 Å². The zero-order chi connectivity index (χ0) is 20.3. The van der Waals surface area contributed by atoms with Crippen molar-refractivity contribution >= 4 is 21.6 Å². The van der Waals surface area contributed by atoms with E-state index in [2.05, 4.69) is 10.0 Å². The molecule has 0 bridgehead atoms. The minimum atomic E-state index is -3.66. The van der Waals surface area contributed by atoms with Gasteiger partial charge in [0.15, 0.2) is 0 Å². The fourth-order valence-electron chi connectivity index (χ4n) is 3.33. The molecule has 1 amide bonds. The lowest BCUT2D eigenvalue weighted by Crippen LogP contribution is -2.29. The maximum Gasteiger partial charge on any atom is 0.272 e. The Morgan fingerprint density at radius 3 is 2.61 bits per heavy atom. The third-order valence-corrected chi connectivity index (χ3v) is 6.24. The first-order valence-corrected chi connectivity index (χ1v) is 11.0. The summed E-state index contributed by atoms with van der Waals surface area (Å²) in [5.41, 5.74) is 0.859. The van der Waals surface area contributed by atoms with E-state index >= 15 is 0 Å². The Labute approximate surface area is 166 Å². The summed E-state index contributed by atoms with van der Waals surface area (Å²) in [6, 6.07) is 8.41. The molecule has 28 heavy (non-hydrogen) atoms. The molecule has 0 spiro atoms. The van der Waals surface area contributed by atoms with Crippen LogP contribution in [0.2, 0.25) is 0 Å². The summed E-state index contributed by atoms with van der Waals surface area (Å²) < 4.78 is 34.6. The number of carbonyl (C=O) groups excluding carboxylic acids is 1. The first kappa shape index (κ1) is 20.4. The Bertz CT molecular complexity index is 944. The highest BCUT2D eigenvalue weighted by Gasteiger charge is 2.21. The first-order chi connectivity index (χ1) is 13.2. The lowest BCUT2D eigenvalue weighted by Gasteiger charge is -2.14. The van der Waals surface area contributed by atoms with E-state index in [9.17, 15) is 13.2 Å². The quantitative estimate of drug-likeness (QED) is 0.740. The van der Waals surface area contributed by atoms with E-state index in [1.807, 2.05) is 12.1 Å². The van der Waals surface area contributed by atoms with Gasteiger partial charge in [0.1, 0.15) is 16.3 Å². The van der Waals surface area contributed by atoms with Gasteiger partial charge < -0.3 is 14.6 Å². The van der Waals surface area contributed by atoms with Crippen molar-refractivity contribution in [1.29, 1.82) is 0 Å². The topological polar surface area (TPSA) is 89.4 Å². The molecule has 0 saturated heterocycles. The number of aryl methyl sites for hydroxylation is 1. The molecule has 0 atom stereocenters. The molecule has 0 aliphatic heterocycles. The summed E-state index contributed by atoms with van der Waals surface area (Å²) >= 11 is 0. The van der Waals surface area contributed by atoms with E-state index in [0.29, 0.717) is 5.69 Å². The average Bonchev–Trinajstić information content (AvgIpc) is 3.24. The van der Waals surface area contributed by atoms with Gasteiger partial charge in [-0.25, -0.2) is 13.1 Å². The number of amides is 1. The van der Waals surface area contributed by atoms with E-state index < -0.39 is 10.0 Å². The van der Waals surface area contributed by atoms with Crippen LogP contribution in [0.1, 0.15) is 50.0 Å². The summed E-state index contributed by atoms with van der Waals surface area (Å²) in [5, 5.41) is 2.81. The third kappa shape index (κ3) is 4.94. The summed E-state index contributed by atoms with van der Waals surface area (Å²) in [4.78, 5) is 12.7. The second kappa shape index (κ2) is 8.36.